The van der Waals surface area contributed by atoms with Crippen LogP contribution in [-0.2, 0) is 9.59 Å². The van der Waals surface area contributed by atoms with Crippen LogP contribution in [-0.4, -0.2) is 18.2 Å². The predicted molar refractivity (Wildman–Crippen MR) is 152 cm³/mol. The van der Waals surface area contributed by atoms with Crippen molar-refractivity contribution in [3.05, 3.63) is 12.2 Å². The Balaban J connectivity index is 1.53. The van der Waals surface area contributed by atoms with Crippen LogP contribution >= 0.6 is 0 Å². The number of hydrogen-bond donors (Lipinski definition) is 1. The van der Waals surface area contributed by atoms with E-state index in [1.165, 1.54) is 37.7 Å². The molecule has 0 aromatic heterocycles. The summed E-state index contributed by atoms with van der Waals surface area (Å²) < 4.78 is 0. The lowest BCUT2D eigenvalue weighted by Crippen LogP contribution is -2.67. The number of carbonyl (C=O) groups is 2. The van der Waals surface area contributed by atoms with Gasteiger partial charge in [-0.15, -0.1) is 0 Å². The van der Waals surface area contributed by atoms with Gasteiger partial charge in [-0.2, -0.15) is 0 Å². The van der Waals surface area contributed by atoms with Gasteiger partial charge in [0, 0.05) is 18.4 Å². The van der Waals surface area contributed by atoms with Crippen LogP contribution in [0.3, 0.4) is 0 Å². The van der Waals surface area contributed by atoms with Gasteiger partial charge in [-0.05, 0) is 116 Å². The molecule has 208 valence electrons. The molecule has 9 atom stereocenters. The Morgan fingerprint density at radius 1 is 0.919 bits per heavy atom. The molecule has 5 rings (SSSR count). The number of fused-ring (bicyclic) bond motifs is 7. The first-order chi connectivity index (χ1) is 17.1. The fourth-order valence-corrected chi connectivity index (χ4v) is 11.8. The summed E-state index contributed by atoms with van der Waals surface area (Å²) >= 11 is 0. The van der Waals surface area contributed by atoms with E-state index in [4.69, 9.17) is 0 Å². The van der Waals surface area contributed by atoms with Crippen molar-refractivity contribution in [2.75, 3.05) is 6.54 Å². The van der Waals surface area contributed by atoms with Gasteiger partial charge in [-0.25, -0.2) is 0 Å². The quantitative estimate of drug-likeness (QED) is 0.390. The number of nitrogens with one attached hydrogen (secondary N) is 1. The van der Waals surface area contributed by atoms with Crippen LogP contribution in [0.1, 0.15) is 120 Å². The fourth-order valence-electron chi connectivity index (χ4n) is 11.8. The van der Waals surface area contributed by atoms with Gasteiger partial charge in [0.25, 0.3) is 0 Å². The highest BCUT2D eigenvalue weighted by Gasteiger charge is 2.71. The Hall–Kier alpha value is -1.12. The fraction of sp³-hybridized carbons (Fsp3) is 0.882. The average molecular weight is 510 g/mol. The van der Waals surface area contributed by atoms with E-state index >= 15 is 0 Å². The molecule has 1 N–H and O–H groups in total. The van der Waals surface area contributed by atoms with Gasteiger partial charge in [0.2, 0.25) is 5.91 Å². The molecule has 5 saturated carbocycles. The number of hydrogen-bond acceptors (Lipinski definition) is 2. The molecular formula is C34H55NO2. The SMILES string of the molecule is C=C(C)[C@@H]1CCC2(C(=O)NCC(C)C)CC[C@]3(C)[C@H](CCC4[C@@]5(C)CCC(=O)C(C)(C)[C@@H]5CC[C@]43C)[C@@H]12. The molecule has 5 fully saturated rings. The van der Waals surface area contributed by atoms with Gasteiger partial charge in [-0.3, -0.25) is 9.59 Å². The smallest absolute Gasteiger partial charge is 0.226 e. The number of allylic oxidation sites excluding steroid dienone is 1. The molecule has 0 heterocycles. The Morgan fingerprint density at radius 2 is 1.62 bits per heavy atom. The minimum absolute atomic E-state index is 0.196. The van der Waals surface area contributed by atoms with Crippen molar-refractivity contribution in [1.82, 2.24) is 5.32 Å². The Labute approximate surface area is 227 Å². The van der Waals surface area contributed by atoms with Gasteiger partial charge in [0.15, 0.2) is 0 Å². The number of rotatable bonds is 4. The highest BCUT2D eigenvalue weighted by molar-refractivity contribution is 5.85. The number of amides is 1. The first kappa shape index (κ1) is 27.4. The number of carbonyl (C=O) groups excluding carboxylic acids is 2. The minimum atomic E-state index is -0.216. The van der Waals surface area contributed by atoms with E-state index in [9.17, 15) is 9.59 Å². The van der Waals surface area contributed by atoms with Gasteiger partial charge < -0.3 is 5.32 Å². The molecule has 0 aromatic carbocycles. The molecule has 2 unspecified atom stereocenters. The molecule has 0 aliphatic heterocycles. The van der Waals surface area contributed by atoms with Crippen LogP contribution in [0.15, 0.2) is 12.2 Å². The molecule has 0 spiro atoms. The Morgan fingerprint density at radius 3 is 2.27 bits per heavy atom. The molecule has 5 aliphatic carbocycles. The van der Waals surface area contributed by atoms with Crippen molar-refractivity contribution in [3.63, 3.8) is 0 Å². The lowest BCUT2D eigenvalue weighted by atomic mass is 9.32. The standard InChI is InChI=1S/C34H55NO2/c1-21(2)20-35-29(37)34-17-12-23(22(3)4)28(34)24-10-11-26-31(7)15-14-27(36)30(5,6)25(31)13-16-33(26,9)32(24,8)18-19-34/h21,23-26,28H,3,10-20H2,1-2,4-9H3,(H,35,37)/t23-,24+,25-,26?,28+,31-,32+,33+,34?/m0/s1. The second kappa shape index (κ2) is 8.69. The zero-order valence-electron chi connectivity index (χ0n) is 25.3. The molecule has 0 aromatic rings. The van der Waals surface area contributed by atoms with Crippen molar-refractivity contribution in [2.45, 2.75) is 120 Å². The van der Waals surface area contributed by atoms with Gasteiger partial charge in [-0.1, -0.05) is 60.6 Å². The summed E-state index contributed by atoms with van der Waals surface area (Å²) in [4.78, 5) is 27.0. The van der Waals surface area contributed by atoms with E-state index < -0.39 is 0 Å². The molecule has 5 aliphatic rings. The molecule has 0 saturated heterocycles. The second-order valence-electron chi connectivity index (χ2n) is 16.1. The highest BCUT2D eigenvalue weighted by atomic mass is 16.2. The maximum atomic E-state index is 14.0. The third-order valence-corrected chi connectivity index (χ3v) is 13.9. The monoisotopic (exact) mass is 509 g/mol. The predicted octanol–water partition coefficient (Wildman–Crippen LogP) is 7.99. The van der Waals surface area contributed by atoms with Crippen LogP contribution in [0, 0.1) is 62.6 Å². The summed E-state index contributed by atoms with van der Waals surface area (Å²) in [5.74, 6) is 3.93. The maximum Gasteiger partial charge on any atom is 0.226 e. The maximum absolute atomic E-state index is 14.0. The van der Waals surface area contributed by atoms with Crippen molar-refractivity contribution in [3.8, 4) is 0 Å². The molecular weight excluding hydrogens is 454 g/mol. The first-order valence-corrected chi connectivity index (χ1v) is 15.6. The van der Waals surface area contributed by atoms with Gasteiger partial charge >= 0.3 is 0 Å². The van der Waals surface area contributed by atoms with Crippen molar-refractivity contribution < 1.29 is 9.59 Å². The molecule has 1 amide bonds. The number of Topliss-reactive ketones (excluding diaryl/α,β-unsaturated/α-hetero) is 1. The molecule has 3 nitrogen and oxygen atoms in total. The first-order valence-electron chi connectivity index (χ1n) is 15.6. The summed E-state index contributed by atoms with van der Waals surface area (Å²) in [7, 11) is 0. The average Bonchev–Trinajstić information content (AvgIpc) is 3.22. The zero-order chi connectivity index (χ0) is 27.2. The van der Waals surface area contributed by atoms with Crippen molar-refractivity contribution in [2.24, 2.45) is 62.6 Å². The Bertz CT molecular complexity index is 980. The van der Waals surface area contributed by atoms with Crippen LogP contribution in [0.4, 0.5) is 0 Å². The van der Waals surface area contributed by atoms with Crippen LogP contribution in [0.5, 0.6) is 0 Å². The van der Waals surface area contributed by atoms with Crippen molar-refractivity contribution in [1.29, 1.82) is 0 Å². The molecule has 37 heavy (non-hydrogen) atoms. The van der Waals surface area contributed by atoms with Gasteiger partial charge in [0.05, 0.1) is 5.41 Å². The van der Waals surface area contributed by atoms with E-state index in [2.05, 4.69) is 67.3 Å². The van der Waals surface area contributed by atoms with E-state index in [0.29, 0.717) is 47.2 Å². The minimum Gasteiger partial charge on any atom is -0.355 e. The lowest BCUT2D eigenvalue weighted by Gasteiger charge is -2.72. The van der Waals surface area contributed by atoms with Gasteiger partial charge in [0.1, 0.15) is 5.78 Å². The normalized spacial score (nSPS) is 48.5. The van der Waals surface area contributed by atoms with Crippen LogP contribution in [0.2, 0.25) is 0 Å². The highest BCUT2D eigenvalue weighted by Crippen LogP contribution is 2.77. The summed E-state index contributed by atoms with van der Waals surface area (Å²) in [5, 5.41) is 3.40. The van der Waals surface area contributed by atoms with Crippen molar-refractivity contribution >= 4 is 11.7 Å². The Kier molecular flexibility index (Phi) is 6.45. The van der Waals surface area contributed by atoms with E-state index in [1.54, 1.807) is 0 Å². The zero-order valence-corrected chi connectivity index (χ0v) is 25.3. The largest absolute Gasteiger partial charge is 0.355 e. The summed E-state index contributed by atoms with van der Waals surface area (Å²) in [6, 6.07) is 0. The van der Waals surface area contributed by atoms with Crippen LogP contribution in [0.25, 0.3) is 0 Å². The molecule has 0 bridgehead atoms. The van der Waals surface area contributed by atoms with E-state index in [0.717, 1.165) is 38.6 Å². The third kappa shape index (κ3) is 3.56. The third-order valence-electron chi connectivity index (χ3n) is 13.9. The topological polar surface area (TPSA) is 46.2 Å². The molecule has 0 radical (unpaired) electrons. The number of ketones is 1. The van der Waals surface area contributed by atoms with Crippen LogP contribution < -0.4 is 5.32 Å². The summed E-state index contributed by atoms with van der Waals surface area (Å²) in [5.41, 5.74) is 1.62. The summed E-state index contributed by atoms with van der Waals surface area (Å²) in [6.07, 6.45) is 11.1. The summed E-state index contributed by atoms with van der Waals surface area (Å²) in [6.45, 7) is 24.2. The lowest BCUT2D eigenvalue weighted by molar-refractivity contribution is -0.233. The van der Waals surface area contributed by atoms with E-state index in [-0.39, 0.29) is 27.1 Å². The van der Waals surface area contributed by atoms with E-state index in [1.807, 2.05) is 0 Å². The molecule has 3 heteroatoms. The second-order valence-corrected chi connectivity index (χ2v) is 16.1.